The first-order valence-corrected chi connectivity index (χ1v) is 10.5. The zero-order valence-electron chi connectivity index (χ0n) is 15.2. The number of fused-ring (bicyclic) bond motifs is 1. The number of H-pyrrole nitrogens is 1. The molecule has 4 rings (SSSR count). The summed E-state index contributed by atoms with van der Waals surface area (Å²) >= 11 is 6.89. The number of aromatic nitrogens is 1. The van der Waals surface area contributed by atoms with Gasteiger partial charge >= 0.3 is 0 Å². The lowest BCUT2D eigenvalue weighted by Gasteiger charge is -2.11. The smallest absolute Gasteiger partial charge is 0.260 e. The number of pyridine rings is 1. The van der Waals surface area contributed by atoms with Gasteiger partial charge in [-0.3, -0.25) is 9.59 Å². The van der Waals surface area contributed by atoms with Crippen molar-refractivity contribution in [1.82, 2.24) is 4.98 Å². The second-order valence-corrected chi connectivity index (χ2v) is 8.34. The van der Waals surface area contributed by atoms with E-state index in [9.17, 15) is 9.59 Å². The van der Waals surface area contributed by atoms with Crippen LogP contribution in [0.15, 0.2) is 92.6 Å². The first-order valence-electron chi connectivity index (χ1n) is 8.92. The summed E-state index contributed by atoms with van der Waals surface area (Å²) in [5, 5.41) is 0.811. The maximum Gasteiger partial charge on any atom is 0.260 e. The van der Waals surface area contributed by atoms with Gasteiger partial charge in [0, 0.05) is 25.4 Å². The molecule has 0 spiro atoms. The number of halogens is 2. The summed E-state index contributed by atoms with van der Waals surface area (Å²) in [6, 6.07) is 22.7. The highest BCUT2D eigenvalue weighted by molar-refractivity contribution is 9.10. The molecule has 0 aliphatic heterocycles. The van der Waals surface area contributed by atoms with Crippen LogP contribution in [-0.4, -0.2) is 10.8 Å². The van der Waals surface area contributed by atoms with Crippen molar-refractivity contribution in [2.24, 2.45) is 0 Å². The zero-order valence-corrected chi connectivity index (χ0v) is 18.3. The molecule has 0 aliphatic carbocycles. The van der Waals surface area contributed by atoms with Gasteiger partial charge < -0.3 is 4.98 Å². The number of allylic oxidation sites excluding steroid dienone is 1. The van der Waals surface area contributed by atoms with Crippen LogP contribution in [0.2, 0.25) is 0 Å². The molecular formula is C24H15Br2NO2. The van der Waals surface area contributed by atoms with Crippen LogP contribution in [0.5, 0.6) is 0 Å². The summed E-state index contributed by atoms with van der Waals surface area (Å²) in [6.45, 7) is 0. The monoisotopic (exact) mass is 507 g/mol. The highest BCUT2D eigenvalue weighted by Gasteiger charge is 2.19. The molecule has 0 atom stereocenters. The van der Waals surface area contributed by atoms with Crippen molar-refractivity contribution in [3.8, 4) is 11.1 Å². The second-order valence-electron chi connectivity index (χ2n) is 6.51. The lowest BCUT2D eigenvalue weighted by atomic mass is 9.94. The van der Waals surface area contributed by atoms with Crippen molar-refractivity contribution in [1.29, 1.82) is 0 Å². The van der Waals surface area contributed by atoms with E-state index in [4.69, 9.17) is 0 Å². The molecule has 142 valence electrons. The minimum absolute atomic E-state index is 0.134. The van der Waals surface area contributed by atoms with Crippen molar-refractivity contribution >= 4 is 54.6 Å². The third kappa shape index (κ3) is 4.16. The summed E-state index contributed by atoms with van der Waals surface area (Å²) < 4.78 is 1.84. The van der Waals surface area contributed by atoms with Crippen LogP contribution in [0.4, 0.5) is 0 Å². The van der Waals surface area contributed by atoms with Crippen LogP contribution < -0.4 is 5.56 Å². The SMILES string of the molecule is O=C(C=Cc1ccc(Br)cc1)c1c(-c2ccccc2)c2cc(Br)ccc2[nH]c1=O. The number of rotatable bonds is 4. The Bertz CT molecular complexity index is 1290. The Morgan fingerprint density at radius 1 is 0.862 bits per heavy atom. The summed E-state index contributed by atoms with van der Waals surface area (Å²) in [6.07, 6.45) is 3.16. The Balaban J connectivity index is 1.91. The fourth-order valence-corrected chi connectivity index (χ4v) is 3.86. The number of benzene rings is 3. The zero-order chi connectivity index (χ0) is 20.4. The van der Waals surface area contributed by atoms with E-state index in [0.717, 1.165) is 25.5 Å². The molecule has 1 N–H and O–H groups in total. The van der Waals surface area contributed by atoms with Gasteiger partial charge in [-0.05, 0) is 47.5 Å². The lowest BCUT2D eigenvalue weighted by Crippen LogP contribution is -2.18. The van der Waals surface area contributed by atoms with E-state index in [-0.39, 0.29) is 11.3 Å². The summed E-state index contributed by atoms with van der Waals surface area (Å²) in [5.41, 5.74) is 2.76. The van der Waals surface area contributed by atoms with Gasteiger partial charge in [-0.1, -0.05) is 80.4 Å². The Kier molecular flexibility index (Phi) is 5.60. The predicted octanol–water partition coefficient (Wildman–Crippen LogP) is 6.62. The maximum atomic E-state index is 13.1. The molecule has 3 nitrogen and oxygen atoms in total. The number of carbonyl (C=O) groups excluding carboxylic acids is 1. The second kappa shape index (κ2) is 8.31. The quantitative estimate of drug-likeness (QED) is 0.249. The summed E-state index contributed by atoms with van der Waals surface area (Å²) in [7, 11) is 0. The van der Waals surface area contributed by atoms with Crippen LogP contribution in [0, 0.1) is 0 Å². The first-order chi connectivity index (χ1) is 14.0. The van der Waals surface area contributed by atoms with E-state index in [1.54, 1.807) is 6.08 Å². The van der Waals surface area contributed by atoms with Crippen molar-refractivity contribution < 1.29 is 4.79 Å². The van der Waals surface area contributed by atoms with E-state index in [0.29, 0.717) is 11.1 Å². The van der Waals surface area contributed by atoms with Gasteiger partial charge in [-0.15, -0.1) is 0 Å². The first kappa shape index (κ1) is 19.6. The summed E-state index contributed by atoms with van der Waals surface area (Å²) in [5.74, 6) is -0.338. The predicted molar refractivity (Wildman–Crippen MR) is 125 cm³/mol. The fourth-order valence-electron chi connectivity index (χ4n) is 3.23. The highest BCUT2D eigenvalue weighted by atomic mass is 79.9. The molecule has 1 aromatic heterocycles. The maximum absolute atomic E-state index is 13.1. The van der Waals surface area contributed by atoms with Gasteiger partial charge in [0.1, 0.15) is 0 Å². The average Bonchev–Trinajstić information content (AvgIpc) is 2.73. The van der Waals surface area contributed by atoms with E-state index in [2.05, 4.69) is 36.8 Å². The molecule has 0 unspecified atom stereocenters. The number of nitrogens with one attached hydrogen (secondary N) is 1. The van der Waals surface area contributed by atoms with Crippen molar-refractivity contribution in [2.45, 2.75) is 0 Å². The standard InChI is InChI=1S/C24H15Br2NO2/c25-17-9-6-15(7-10-17)8-13-21(28)23-22(16-4-2-1-3-5-16)19-14-18(26)11-12-20(19)27-24(23)29/h1-14H,(H,27,29). The lowest BCUT2D eigenvalue weighted by molar-refractivity contribution is 0.104. The van der Waals surface area contributed by atoms with E-state index >= 15 is 0 Å². The van der Waals surface area contributed by atoms with Gasteiger partial charge in [-0.2, -0.15) is 0 Å². The molecule has 1 heterocycles. The molecular weight excluding hydrogens is 494 g/mol. The van der Waals surface area contributed by atoms with E-state index in [1.165, 1.54) is 6.08 Å². The van der Waals surface area contributed by atoms with Crippen LogP contribution in [-0.2, 0) is 0 Å². The van der Waals surface area contributed by atoms with Crippen molar-refractivity contribution in [2.75, 3.05) is 0 Å². The third-order valence-electron chi connectivity index (χ3n) is 4.58. The Morgan fingerprint density at radius 3 is 2.28 bits per heavy atom. The van der Waals surface area contributed by atoms with Crippen LogP contribution in [0.25, 0.3) is 28.1 Å². The van der Waals surface area contributed by atoms with Crippen molar-refractivity contribution in [3.05, 3.63) is 109 Å². The number of hydrogen-bond donors (Lipinski definition) is 1. The molecule has 5 heteroatoms. The molecule has 0 saturated carbocycles. The minimum atomic E-state index is -0.399. The third-order valence-corrected chi connectivity index (χ3v) is 5.60. The summed E-state index contributed by atoms with van der Waals surface area (Å²) in [4.78, 5) is 28.8. The van der Waals surface area contributed by atoms with E-state index in [1.807, 2.05) is 72.8 Å². The van der Waals surface area contributed by atoms with Crippen molar-refractivity contribution in [3.63, 3.8) is 0 Å². The van der Waals surface area contributed by atoms with Gasteiger partial charge in [0.15, 0.2) is 5.78 Å². The fraction of sp³-hybridized carbons (Fsp3) is 0. The molecule has 0 fully saturated rings. The van der Waals surface area contributed by atoms with Gasteiger partial charge in [0.25, 0.3) is 5.56 Å². The minimum Gasteiger partial charge on any atom is -0.321 e. The Hall–Kier alpha value is -2.76. The van der Waals surface area contributed by atoms with Gasteiger partial charge in [-0.25, -0.2) is 0 Å². The largest absolute Gasteiger partial charge is 0.321 e. The van der Waals surface area contributed by atoms with Crippen LogP contribution >= 0.6 is 31.9 Å². The van der Waals surface area contributed by atoms with Crippen LogP contribution in [0.1, 0.15) is 15.9 Å². The number of aromatic amines is 1. The van der Waals surface area contributed by atoms with Crippen LogP contribution in [0.3, 0.4) is 0 Å². The number of carbonyl (C=O) groups is 1. The highest BCUT2D eigenvalue weighted by Crippen LogP contribution is 2.31. The molecule has 0 aliphatic rings. The molecule has 0 saturated heterocycles. The molecule has 3 aromatic carbocycles. The average molecular weight is 509 g/mol. The molecule has 0 bridgehead atoms. The molecule has 4 aromatic rings. The van der Waals surface area contributed by atoms with Gasteiger partial charge in [0.05, 0.1) is 5.56 Å². The molecule has 0 radical (unpaired) electrons. The topological polar surface area (TPSA) is 49.9 Å². The number of hydrogen-bond acceptors (Lipinski definition) is 2. The van der Waals surface area contributed by atoms with E-state index < -0.39 is 5.56 Å². The molecule has 29 heavy (non-hydrogen) atoms. The normalized spacial score (nSPS) is 11.2. The number of ketones is 1. The Morgan fingerprint density at radius 2 is 1.55 bits per heavy atom. The Labute approximate surface area is 184 Å². The van der Waals surface area contributed by atoms with Gasteiger partial charge in [0.2, 0.25) is 0 Å². The molecule has 0 amide bonds.